The fourth-order valence-electron chi connectivity index (χ4n) is 3.32. The van der Waals surface area contributed by atoms with Gasteiger partial charge in [-0.15, -0.1) is 5.01 Å². The van der Waals surface area contributed by atoms with Gasteiger partial charge in [-0.3, -0.25) is 4.79 Å². The topological polar surface area (TPSA) is 84.1 Å². The summed E-state index contributed by atoms with van der Waals surface area (Å²) in [5, 5.41) is 7.60. The summed E-state index contributed by atoms with van der Waals surface area (Å²) in [5.41, 5.74) is -0.527. The summed E-state index contributed by atoms with van der Waals surface area (Å²) in [6.45, 7) is 3.83. The van der Waals surface area contributed by atoms with Crippen LogP contribution in [-0.4, -0.2) is 30.3 Å². The molecule has 1 aromatic heterocycles. The van der Waals surface area contributed by atoms with Gasteiger partial charge in [0.05, 0.1) is 13.3 Å². The van der Waals surface area contributed by atoms with Crippen LogP contribution in [0.25, 0.3) is 0 Å². The Bertz CT molecular complexity index is 918. The Kier molecular flexibility index (Phi) is 4.02. The maximum atomic E-state index is 12.8. The minimum absolute atomic E-state index is 0.448. The van der Waals surface area contributed by atoms with E-state index in [1.807, 2.05) is 6.07 Å². The number of urea groups is 1. The minimum atomic E-state index is -1.18. The molecule has 3 amide bonds. The van der Waals surface area contributed by atoms with Crippen molar-refractivity contribution < 1.29 is 18.7 Å². The smallest absolute Gasteiger partial charge is 0.346 e. The number of ether oxygens (including phenoxy) is 1. The Morgan fingerprint density at radius 2 is 1.96 bits per heavy atom. The van der Waals surface area contributed by atoms with Crippen LogP contribution in [0.2, 0.25) is 0 Å². The van der Waals surface area contributed by atoms with Gasteiger partial charge in [0, 0.05) is 5.92 Å². The molecule has 1 aromatic carbocycles. The van der Waals surface area contributed by atoms with E-state index in [2.05, 4.69) is 17.3 Å². The Morgan fingerprint density at radius 1 is 1.26 bits per heavy atom. The first kappa shape index (κ1) is 17.3. The zero-order valence-corrected chi connectivity index (χ0v) is 15.4. The Hall–Kier alpha value is -3.09. The summed E-state index contributed by atoms with van der Waals surface area (Å²) in [5.74, 6) is 2.76. The van der Waals surface area contributed by atoms with Gasteiger partial charge in [0.25, 0.3) is 5.91 Å². The molecule has 2 fully saturated rings. The van der Waals surface area contributed by atoms with Crippen LogP contribution in [0.15, 0.2) is 45.9 Å². The lowest BCUT2D eigenvalue weighted by Gasteiger charge is -2.21. The van der Waals surface area contributed by atoms with E-state index in [0.717, 1.165) is 17.2 Å². The lowest BCUT2D eigenvalue weighted by atomic mass is 9.92. The first-order chi connectivity index (χ1) is 12.9. The molecule has 3 atom stereocenters. The molecule has 2 aromatic rings. The summed E-state index contributed by atoms with van der Waals surface area (Å²) in [6.07, 6.45) is 2.52. The molecule has 1 aliphatic heterocycles. The molecular formula is C20H21N3O4. The highest BCUT2D eigenvalue weighted by Crippen LogP contribution is 2.47. The van der Waals surface area contributed by atoms with E-state index in [1.54, 1.807) is 44.4 Å². The monoisotopic (exact) mass is 367 g/mol. The maximum Gasteiger partial charge on any atom is 0.346 e. The second-order valence-electron chi connectivity index (χ2n) is 7.20. The number of hydrogen-bond donors (Lipinski definition) is 1. The average Bonchev–Trinajstić information content (AvgIpc) is 3.12. The first-order valence-electron chi connectivity index (χ1n) is 8.87. The molecule has 27 heavy (non-hydrogen) atoms. The molecule has 1 aliphatic carbocycles. The predicted octanol–water partition coefficient (Wildman–Crippen LogP) is 3.21. The molecule has 1 N–H and O–H groups in total. The fourth-order valence-corrected chi connectivity index (χ4v) is 3.32. The third kappa shape index (κ3) is 2.99. The zero-order valence-electron chi connectivity index (χ0n) is 15.4. The van der Waals surface area contributed by atoms with E-state index in [9.17, 15) is 9.59 Å². The van der Waals surface area contributed by atoms with Crippen molar-refractivity contribution in [3.05, 3.63) is 53.5 Å². The number of nitrogens with zero attached hydrogens (tertiary/aromatic N) is 2. The van der Waals surface area contributed by atoms with Crippen molar-refractivity contribution in [1.82, 2.24) is 10.3 Å². The van der Waals surface area contributed by atoms with Gasteiger partial charge in [-0.25, -0.2) is 4.79 Å². The molecule has 7 heteroatoms. The van der Waals surface area contributed by atoms with Gasteiger partial charge in [0.1, 0.15) is 22.8 Å². The van der Waals surface area contributed by atoms with Crippen LogP contribution in [0.5, 0.6) is 5.75 Å². The number of hydrazone groups is 1. The second-order valence-corrected chi connectivity index (χ2v) is 7.20. The largest absolute Gasteiger partial charge is 0.497 e. The average molecular weight is 367 g/mol. The number of amides is 3. The number of methoxy groups -OCH3 is 1. The van der Waals surface area contributed by atoms with Gasteiger partial charge < -0.3 is 14.5 Å². The van der Waals surface area contributed by atoms with E-state index in [0.29, 0.717) is 28.9 Å². The fraction of sp³-hybridized carbons (Fsp3) is 0.350. The molecule has 4 rings (SSSR count). The number of nitrogens with one attached hydrogen (secondary N) is 1. The number of carbonyl (C=O) groups excluding carboxylic acids is 2. The zero-order chi connectivity index (χ0) is 19.2. The molecular weight excluding hydrogens is 346 g/mol. The minimum Gasteiger partial charge on any atom is -0.497 e. The van der Waals surface area contributed by atoms with Gasteiger partial charge in [0.15, 0.2) is 0 Å². The molecule has 140 valence electrons. The molecule has 0 bridgehead atoms. The highest BCUT2D eigenvalue weighted by atomic mass is 16.5. The lowest BCUT2D eigenvalue weighted by molar-refractivity contribution is -0.131. The molecule has 0 radical (unpaired) electrons. The van der Waals surface area contributed by atoms with Crippen molar-refractivity contribution in [2.75, 3.05) is 7.11 Å². The summed E-state index contributed by atoms with van der Waals surface area (Å²) < 4.78 is 10.9. The summed E-state index contributed by atoms with van der Waals surface area (Å²) in [4.78, 5) is 25.2. The third-order valence-electron chi connectivity index (χ3n) is 5.26. The SMILES string of the molecule is COc1ccc([C@@]2(C)NC(=O)N(/N=C\c3ccc([C@H]4C[C@H]4C)o3)C2=O)cc1. The van der Waals surface area contributed by atoms with Gasteiger partial charge >= 0.3 is 6.03 Å². The van der Waals surface area contributed by atoms with Crippen LogP contribution >= 0.6 is 0 Å². The van der Waals surface area contributed by atoms with Crippen molar-refractivity contribution in [2.45, 2.75) is 31.7 Å². The van der Waals surface area contributed by atoms with E-state index in [4.69, 9.17) is 9.15 Å². The van der Waals surface area contributed by atoms with Crippen molar-refractivity contribution >= 4 is 18.2 Å². The number of imide groups is 1. The number of rotatable bonds is 5. The van der Waals surface area contributed by atoms with E-state index >= 15 is 0 Å². The molecule has 2 heterocycles. The Balaban J connectivity index is 1.52. The molecule has 1 saturated carbocycles. The van der Waals surface area contributed by atoms with Crippen molar-refractivity contribution in [3.8, 4) is 5.75 Å². The Morgan fingerprint density at radius 3 is 2.59 bits per heavy atom. The number of carbonyl (C=O) groups is 2. The molecule has 2 aliphatic rings. The molecule has 0 spiro atoms. The number of hydrogen-bond acceptors (Lipinski definition) is 5. The summed E-state index contributed by atoms with van der Waals surface area (Å²) in [6, 6.07) is 10.1. The Labute approximate surface area is 157 Å². The van der Waals surface area contributed by atoms with Crippen LogP contribution in [0.3, 0.4) is 0 Å². The van der Waals surface area contributed by atoms with Crippen LogP contribution in [-0.2, 0) is 10.3 Å². The van der Waals surface area contributed by atoms with Crippen LogP contribution in [0, 0.1) is 5.92 Å². The van der Waals surface area contributed by atoms with Gasteiger partial charge in [-0.05, 0) is 49.1 Å². The molecule has 1 saturated heterocycles. The number of benzene rings is 1. The van der Waals surface area contributed by atoms with Crippen molar-refractivity contribution in [2.24, 2.45) is 11.0 Å². The quantitative estimate of drug-likeness (QED) is 0.650. The maximum absolute atomic E-state index is 12.8. The van der Waals surface area contributed by atoms with Crippen LogP contribution in [0.4, 0.5) is 4.79 Å². The van der Waals surface area contributed by atoms with E-state index in [1.165, 1.54) is 6.21 Å². The summed E-state index contributed by atoms with van der Waals surface area (Å²) in [7, 11) is 1.57. The standard InChI is InChI=1S/C20H21N3O4/c1-12-10-16(12)17-9-8-15(27-17)11-21-23-18(24)20(2,22-19(23)25)13-4-6-14(26-3)7-5-13/h4-9,11-12,16H,10H2,1-3H3,(H,22,25)/b21-11-/t12-,16+,20-/m1/s1. The van der Waals surface area contributed by atoms with Gasteiger partial charge in [0.2, 0.25) is 0 Å². The van der Waals surface area contributed by atoms with E-state index < -0.39 is 17.5 Å². The number of furan rings is 1. The van der Waals surface area contributed by atoms with Crippen molar-refractivity contribution in [3.63, 3.8) is 0 Å². The van der Waals surface area contributed by atoms with Crippen LogP contribution < -0.4 is 10.1 Å². The van der Waals surface area contributed by atoms with Gasteiger partial charge in [-0.2, -0.15) is 5.10 Å². The van der Waals surface area contributed by atoms with Crippen molar-refractivity contribution in [1.29, 1.82) is 0 Å². The van der Waals surface area contributed by atoms with Crippen LogP contribution in [0.1, 0.15) is 43.3 Å². The third-order valence-corrected chi connectivity index (χ3v) is 5.26. The predicted molar refractivity (Wildman–Crippen MR) is 98.5 cm³/mol. The normalized spacial score (nSPS) is 27.3. The van der Waals surface area contributed by atoms with Gasteiger partial charge in [-0.1, -0.05) is 19.1 Å². The molecule has 0 unspecified atom stereocenters. The second kappa shape index (κ2) is 6.26. The highest BCUT2D eigenvalue weighted by molar-refractivity contribution is 6.07. The van der Waals surface area contributed by atoms with E-state index in [-0.39, 0.29) is 0 Å². The first-order valence-corrected chi connectivity index (χ1v) is 8.87. The summed E-state index contributed by atoms with van der Waals surface area (Å²) >= 11 is 0. The lowest BCUT2D eigenvalue weighted by Crippen LogP contribution is -2.40. The highest BCUT2D eigenvalue weighted by Gasteiger charge is 2.49. The molecule has 7 nitrogen and oxygen atoms in total.